The van der Waals surface area contributed by atoms with Crippen molar-refractivity contribution in [3.05, 3.63) is 0 Å². The van der Waals surface area contributed by atoms with Gasteiger partial charge in [-0.15, -0.1) is 0 Å². The number of aromatic nitrogens is 1. The fraction of sp³-hybridized carbons (Fsp3) is 0.727. The molecular weight excluding hydrogens is 284 g/mol. The van der Waals surface area contributed by atoms with Gasteiger partial charge in [0.2, 0.25) is 10.0 Å². The number of nitrogens with zero attached hydrogens (tertiary/aromatic N) is 3. The Bertz CT molecular complexity index is 531. The van der Waals surface area contributed by atoms with Crippen molar-refractivity contribution in [2.75, 3.05) is 37.8 Å². The third kappa shape index (κ3) is 2.85. The van der Waals surface area contributed by atoms with Crippen LogP contribution in [-0.4, -0.2) is 44.3 Å². The number of rotatable bonds is 3. The van der Waals surface area contributed by atoms with E-state index in [0.29, 0.717) is 5.00 Å². The Morgan fingerprint density at radius 1 is 1.21 bits per heavy atom. The summed E-state index contributed by atoms with van der Waals surface area (Å²) in [4.78, 5) is 2.28. The van der Waals surface area contributed by atoms with E-state index in [4.69, 9.17) is 5.73 Å². The molecule has 108 valence electrons. The maximum Gasteiger partial charge on any atom is 0.249 e. The van der Waals surface area contributed by atoms with Gasteiger partial charge < -0.3 is 10.6 Å². The van der Waals surface area contributed by atoms with E-state index in [0.717, 1.165) is 25.9 Å². The monoisotopic (exact) mass is 304 g/mol. The standard InChI is InChI=1S/C11H20N4O2S2/c1-14(2)19(16,17)9-10(12)13-18-11(9)15-7-5-3-4-6-8-15/h3-8H2,1-2H3,(H2,12,13). The van der Waals surface area contributed by atoms with Crippen LogP contribution in [0.4, 0.5) is 10.8 Å². The number of anilines is 2. The van der Waals surface area contributed by atoms with Crippen LogP contribution in [0.3, 0.4) is 0 Å². The van der Waals surface area contributed by atoms with Gasteiger partial charge in [-0.25, -0.2) is 12.7 Å². The molecule has 1 aliphatic rings. The summed E-state index contributed by atoms with van der Waals surface area (Å²) in [5.74, 6) is 0.109. The highest BCUT2D eigenvalue weighted by atomic mass is 32.2. The van der Waals surface area contributed by atoms with Crippen molar-refractivity contribution in [2.45, 2.75) is 30.6 Å². The predicted octanol–water partition coefficient (Wildman–Crippen LogP) is 1.36. The zero-order valence-electron chi connectivity index (χ0n) is 11.3. The molecule has 0 bridgehead atoms. The van der Waals surface area contributed by atoms with Crippen LogP contribution >= 0.6 is 11.5 Å². The van der Waals surface area contributed by atoms with Gasteiger partial charge in [-0.2, -0.15) is 4.37 Å². The van der Waals surface area contributed by atoms with Crippen molar-refractivity contribution in [3.8, 4) is 0 Å². The van der Waals surface area contributed by atoms with E-state index in [1.165, 1.54) is 42.8 Å². The minimum Gasteiger partial charge on any atom is -0.382 e. The first kappa shape index (κ1) is 14.5. The molecule has 0 atom stereocenters. The van der Waals surface area contributed by atoms with Gasteiger partial charge >= 0.3 is 0 Å². The molecule has 1 aromatic heterocycles. The van der Waals surface area contributed by atoms with Crippen molar-refractivity contribution in [1.29, 1.82) is 0 Å². The fourth-order valence-electron chi connectivity index (χ4n) is 2.19. The van der Waals surface area contributed by atoms with Crippen molar-refractivity contribution in [1.82, 2.24) is 8.68 Å². The first-order valence-electron chi connectivity index (χ1n) is 6.37. The number of hydrogen-bond acceptors (Lipinski definition) is 6. The highest BCUT2D eigenvalue weighted by Crippen LogP contribution is 2.36. The molecule has 2 heterocycles. The van der Waals surface area contributed by atoms with Crippen LogP contribution in [0.5, 0.6) is 0 Å². The van der Waals surface area contributed by atoms with Gasteiger partial charge in [-0.05, 0) is 24.4 Å². The van der Waals surface area contributed by atoms with Gasteiger partial charge in [0, 0.05) is 27.2 Å². The van der Waals surface area contributed by atoms with Crippen LogP contribution in [0, 0.1) is 0 Å². The largest absolute Gasteiger partial charge is 0.382 e. The first-order chi connectivity index (χ1) is 8.94. The van der Waals surface area contributed by atoms with Gasteiger partial charge in [-0.3, -0.25) is 0 Å². The van der Waals surface area contributed by atoms with E-state index in [2.05, 4.69) is 9.27 Å². The maximum atomic E-state index is 12.3. The lowest BCUT2D eigenvalue weighted by Gasteiger charge is -2.22. The molecule has 2 N–H and O–H groups in total. The smallest absolute Gasteiger partial charge is 0.249 e. The molecular formula is C11H20N4O2S2. The minimum atomic E-state index is -3.54. The lowest BCUT2D eigenvalue weighted by atomic mass is 10.2. The van der Waals surface area contributed by atoms with E-state index in [1.54, 1.807) is 0 Å². The molecule has 0 aromatic carbocycles. The normalized spacial score (nSPS) is 17.7. The highest BCUT2D eigenvalue weighted by molar-refractivity contribution is 7.89. The summed E-state index contributed by atoms with van der Waals surface area (Å²) in [6.45, 7) is 1.75. The van der Waals surface area contributed by atoms with E-state index in [1.807, 2.05) is 0 Å². The predicted molar refractivity (Wildman–Crippen MR) is 78.1 cm³/mol. The second-order valence-electron chi connectivity index (χ2n) is 4.89. The van der Waals surface area contributed by atoms with Crippen molar-refractivity contribution in [3.63, 3.8) is 0 Å². The summed E-state index contributed by atoms with van der Waals surface area (Å²) in [7, 11) is -0.516. The van der Waals surface area contributed by atoms with Gasteiger partial charge in [0.1, 0.15) is 5.00 Å². The Labute approximate surface area is 118 Å². The average Bonchev–Trinajstić information content (AvgIpc) is 2.59. The molecule has 6 nitrogen and oxygen atoms in total. The summed E-state index contributed by atoms with van der Waals surface area (Å²) < 4.78 is 29.9. The Kier molecular flexibility index (Phi) is 4.32. The van der Waals surface area contributed by atoms with Gasteiger partial charge in [0.25, 0.3) is 0 Å². The SMILES string of the molecule is CN(C)S(=O)(=O)c1c(N)nsc1N1CCCCCC1. The van der Waals surface area contributed by atoms with Gasteiger partial charge in [0.15, 0.2) is 10.7 Å². The zero-order chi connectivity index (χ0) is 14.0. The van der Waals surface area contributed by atoms with E-state index in [9.17, 15) is 8.42 Å². The Hall–Kier alpha value is -0.860. The molecule has 2 rings (SSSR count). The third-order valence-electron chi connectivity index (χ3n) is 3.29. The molecule has 0 saturated carbocycles. The molecule has 1 saturated heterocycles. The summed E-state index contributed by atoms with van der Waals surface area (Å²) in [6, 6.07) is 0. The summed E-state index contributed by atoms with van der Waals surface area (Å²) in [5, 5.41) is 0.688. The lowest BCUT2D eigenvalue weighted by Crippen LogP contribution is -2.28. The van der Waals surface area contributed by atoms with Crippen molar-refractivity contribution >= 4 is 32.4 Å². The zero-order valence-corrected chi connectivity index (χ0v) is 12.9. The topological polar surface area (TPSA) is 79.5 Å². The summed E-state index contributed by atoms with van der Waals surface area (Å²) >= 11 is 1.18. The third-order valence-corrected chi connectivity index (χ3v) is 6.22. The Morgan fingerprint density at radius 3 is 2.32 bits per heavy atom. The van der Waals surface area contributed by atoms with Crippen LogP contribution in [0.15, 0.2) is 4.90 Å². The molecule has 0 unspecified atom stereocenters. The molecule has 8 heteroatoms. The highest BCUT2D eigenvalue weighted by Gasteiger charge is 2.30. The number of hydrogen-bond donors (Lipinski definition) is 1. The van der Waals surface area contributed by atoms with Crippen LogP contribution in [-0.2, 0) is 10.0 Å². The second-order valence-corrected chi connectivity index (χ2v) is 7.73. The Morgan fingerprint density at radius 2 is 1.79 bits per heavy atom. The number of nitrogen functional groups attached to an aromatic ring is 1. The quantitative estimate of drug-likeness (QED) is 0.912. The van der Waals surface area contributed by atoms with Gasteiger partial charge in [-0.1, -0.05) is 12.8 Å². The van der Waals surface area contributed by atoms with Crippen LogP contribution < -0.4 is 10.6 Å². The fourth-order valence-corrected chi connectivity index (χ4v) is 4.46. The average molecular weight is 304 g/mol. The molecule has 0 aliphatic carbocycles. The first-order valence-corrected chi connectivity index (χ1v) is 8.58. The summed E-state index contributed by atoms with van der Waals surface area (Å²) in [6.07, 6.45) is 4.56. The van der Waals surface area contributed by atoms with E-state index < -0.39 is 10.0 Å². The van der Waals surface area contributed by atoms with Crippen LogP contribution in [0.2, 0.25) is 0 Å². The lowest BCUT2D eigenvalue weighted by molar-refractivity contribution is 0.521. The molecule has 0 spiro atoms. The van der Waals surface area contributed by atoms with Crippen LogP contribution in [0.1, 0.15) is 25.7 Å². The van der Waals surface area contributed by atoms with E-state index in [-0.39, 0.29) is 10.7 Å². The van der Waals surface area contributed by atoms with Crippen molar-refractivity contribution in [2.24, 2.45) is 0 Å². The number of nitrogens with two attached hydrogens (primary N) is 1. The molecule has 0 radical (unpaired) electrons. The molecule has 19 heavy (non-hydrogen) atoms. The minimum absolute atomic E-state index is 0.109. The number of sulfonamides is 1. The molecule has 1 aromatic rings. The van der Waals surface area contributed by atoms with Gasteiger partial charge in [0.05, 0.1) is 0 Å². The second kappa shape index (κ2) is 5.64. The summed E-state index contributed by atoms with van der Waals surface area (Å²) in [5.41, 5.74) is 5.78. The molecule has 1 fully saturated rings. The van der Waals surface area contributed by atoms with E-state index >= 15 is 0 Å². The maximum absolute atomic E-state index is 12.3. The van der Waals surface area contributed by atoms with Crippen LogP contribution in [0.25, 0.3) is 0 Å². The van der Waals surface area contributed by atoms with Crippen molar-refractivity contribution < 1.29 is 8.42 Å². The molecule has 0 amide bonds. The Balaban J connectivity index is 2.42. The molecule has 1 aliphatic heterocycles.